The molecule has 5 aromatic rings. The Kier molecular flexibility index (Phi) is 10.3. The molecule has 2 N–H and O–H groups in total. The lowest BCUT2D eigenvalue weighted by Crippen LogP contribution is -2.53. The Bertz CT molecular complexity index is 2500. The average Bonchev–Trinajstić information content (AvgIpc) is 3.97. The summed E-state index contributed by atoms with van der Waals surface area (Å²) in [6, 6.07) is 15.2. The minimum atomic E-state index is -0.804. The van der Waals surface area contributed by atoms with Gasteiger partial charge in [0.15, 0.2) is 6.10 Å². The number of carbonyl (C=O) groups is 3. The van der Waals surface area contributed by atoms with E-state index in [9.17, 15) is 14.4 Å². The SMILES string of the molecule is Cc1cc2cc(n1)-c1cnn(C)c1OC[C@H]1CC[C@H](C1)Cn1c(nc3ccc(N4CCN(C5CCN(c6ccc(OC7CCC(=O)NC7=O)cc6F)CC5)CC4)cc31)NC2=O. The maximum atomic E-state index is 15.3. The lowest BCUT2D eigenvalue weighted by Gasteiger charge is -2.43. The third-order valence-electron chi connectivity index (χ3n) is 13.3. The molecule has 1 saturated carbocycles. The fraction of sp³-hybridized carbons (Fsp3) is 0.467. The fourth-order valence-corrected chi connectivity index (χ4v) is 10.0. The molecule has 4 bridgehead atoms. The minimum Gasteiger partial charge on any atom is -0.480 e. The van der Waals surface area contributed by atoms with E-state index in [1.165, 1.54) is 6.07 Å². The molecule has 10 rings (SSSR count). The number of imide groups is 1. The van der Waals surface area contributed by atoms with Crippen molar-refractivity contribution in [3.63, 3.8) is 0 Å². The number of carbonyl (C=O) groups excluding carboxylic acids is 3. The summed E-state index contributed by atoms with van der Waals surface area (Å²) < 4.78 is 31.5. The van der Waals surface area contributed by atoms with Crippen LogP contribution in [0.25, 0.3) is 22.3 Å². The van der Waals surface area contributed by atoms with Crippen LogP contribution in [0.3, 0.4) is 0 Å². The van der Waals surface area contributed by atoms with Gasteiger partial charge in [-0.1, -0.05) is 0 Å². The number of anilines is 3. The highest BCUT2D eigenvalue weighted by atomic mass is 19.1. The van der Waals surface area contributed by atoms with Crippen molar-refractivity contribution < 1.29 is 28.2 Å². The van der Waals surface area contributed by atoms with Crippen molar-refractivity contribution in [1.29, 1.82) is 0 Å². The van der Waals surface area contributed by atoms with Gasteiger partial charge in [-0.3, -0.25) is 34.9 Å². The standard InChI is InChI=1S/C45H51FN10O5/c1-27-19-30-21-37(48-27)34-24-47-52(2)44(34)60-26-29-4-3-28(20-29)25-56-39-22-32(5-7-36(39)49-45(56)51-42(30)58)54-17-15-53(16-18-54)31-11-13-55(14-12-31)38-8-6-33(23-35(38)46)61-40-9-10-41(57)50-43(40)59/h5-8,19,21-24,28-29,31,40H,3-4,9-18,20,25-26H2,1-2H3,(H,49,51,58)(H,50,57,59)/t28-,29+,40?/m1/s1. The van der Waals surface area contributed by atoms with Gasteiger partial charge in [-0.2, -0.15) is 5.10 Å². The smallest absolute Gasteiger partial charge is 0.267 e. The van der Waals surface area contributed by atoms with Gasteiger partial charge in [0.1, 0.15) is 11.6 Å². The zero-order valence-corrected chi connectivity index (χ0v) is 34.6. The summed E-state index contributed by atoms with van der Waals surface area (Å²) >= 11 is 0. The number of pyridine rings is 1. The zero-order chi connectivity index (χ0) is 41.8. The first-order valence-electron chi connectivity index (χ1n) is 21.6. The molecule has 3 aromatic heterocycles. The number of piperidine rings is 2. The van der Waals surface area contributed by atoms with Crippen molar-refractivity contribution in [2.24, 2.45) is 18.9 Å². The van der Waals surface area contributed by atoms with E-state index in [2.05, 4.69) is 53.2 Å². The largest absolute Gasteiger partial charge is 0.480 e. The number of rotatable bonds is 5. The second kappa shape index (κ2) is 16.1. The second-order valence-corrected chi connectivity index (χ2v) is 17.3. The number of hydrogen-bond donors (Lipinski definition) is 2. The maximum absolute atomic E-state index is 15.3. The summed E-state index contributed by atoms with van der Waals surface area (Å²) in [5.74, 6) is 0.897. The number of nitrogens with zero attached hydrogens (tertiary/aromatic N) is 8. The van der Waals surface area contributed by atoms with Gasteiger partial charge in [0.2, 0.25) is 17.7 Å². The molecule has 4 aliphatic heterocycles. The Balaban J connectivity index is 0.808. The predicted molar refractivity (Wildman–Crippen MR) is 227 cm³/mol. The molecule has 61 heavy (non-hydrogen) atoms. The second-order valence-electron chi connectivity index (χ2n) is 17.3. The van der Waals surface area contributed by atoms with E-state index in [1.807, 2.05) is 14.0 Å². The number of aromatic nitrogens is 5. The van der Waals surface area contributed by atoms with E-state index in [4.69, 9.17) is 19.4 Å². The zero-order valence-electron chi connectivity index (χ0n) is 34.6. The Morgan fingerprint density at radius 3 is 2.48 bits per heavy atom. The summed E-state index contributed by atoms with van der Waals surface area (Å²) in [6.07, 6.45) is 6.47. The van der Waals surface area contributed by atoms with Gasteiger partial charge in [-0.05, 0) is 93.3 Å². The van der Waals surface area contributed by atoms with Crippen molar-refractivity contribution in [1.82, 2.24) is 34.5 Å². The Morgan fingerprint density at radius 1 is 0.852 bits per heavy atom. The molecule has 1 unspecified atom stereocenters. The number of nitrogens with one attached hydrogen (secondary N) is 2. The average molecular weight is 831 g/mol. The molecular formula is C45H51FN10O5. The molecule has 1 aliphatic carbocycles. The molecule has 3 amide bonds. The van der Waals surface area contributed by atoms with Crippen LogP contribution in [0, 0.1) is 24.6 Å². The number of ether oxygens (including phenoxy) is 2. The van der Waals surface area contributed by atoms with E-state index < -0.39 is 12.0 Å². The molecular weight excluding hydrogens is 780 g/mol. The number of imidazole rings is 1. The number of aryl methyl sites for hydroxylation is 2. The molecule has 2 aromatic carbocycles. The van der Waals surface area contributed by atoms with Crippen LogP contribution < -0.4 is 29.9 Å². The van der Waals surface area contributed by atoms with Gasteiger partial charge in [0.05, 0.1) is 40.8 Å². The number of piperazine rings is 1. The quantitative estimate of drug-likeness (QED) is 0.222. The van der Waals surface area contributed by atoms with Crippen molar-refractivity contribution in [3.05, 3.63) is 71.8 Å². The van der Waals surface area contributed by atoms with Gasteiger partial charge in [-0.25, -0.2) is 14.1 Å². The summed E-state index contributed by atoms with van der Waals surface area (Å²) in [5, 5.41) is 9.92. The van der Waals surface area contributed by atoms with E-state index in [-0.39, 0.29) is 36.2 Å². The topological polar surface area (TPSA) is 152 Å². The molecule has 4 fully saturated rings. The van der Waals surface area contributed by atoms with Gasteiger partial charge in [-0.15, -0.1) is 0 Å². The number of amides is 3. The molecule has 16 heteroatoms. The Labute approximate surface area is 353 Å². The molecule has 318 valence electrons. The first-order valence-corrected chi connectivity index (χ1v) is 21.6. The van der Waals surface area contributed by atoms with E-state index >= 15 is 4.39 Å². The molecule has 3 atom stereocenters. The number of benzene rings is 2. The lowest BCUT2D eigenvalue weighted by molar-refractivity contribution is -0.138. The van der Waals surface area contributed by atoms with Crippen LogP contribution >= 0.6 is 0 Å². The van der Waals surface area contributed by atoms with Crippen LogP contribution in [-0.4, -0.2) is 105 Å². The Morgan fingerprint density at radius 2 is 1.67 bits per heavy atom. The van der Waals surface area contributed by atoms with Gasteiger partial charge in [0, 0.05) is 94.8 Å². The Hall–Kier alpha value is -6.03. The third-order valence-corrected chi connectivity index (χ3v) is 13.3. The summed E-state index contributed by atoms with van der Waals surface area (Å²) in [4.78, 5) is 54.4. The third kappa shape index (κ3) is 7.88. The molecule has 5 aliphatic rings. The van der Waals surface area contributed by atoms with Crippen LogP contribution in [0.1, 0.15) is 61.0 Å². The summed E-state index contributed by atoms with van der Waals surface area (Å²) in [7, 11) is 1.87. The molecule has 0 radical (unpaired) electrons. The van der Waals surface area contributed by atoms with Gasteiger partial charge < -0.3 is 23.8 Å². The van der Waals surface area contributed by atoms with Crippen molar-refractivity contribution in [2.45, 2.75) is 70.6 Å². The molecule has 0 spiro atoms. The molecule has 3 saturated heterocycles. The highest BCUT2D eigenvalue weighted by Gasteiger charge is 2.32. The van der Waals surface area contributed by atoms with Crippen LogP contribution in [0.2, 0.25) is 0 Å². The predicted octanol–water partition coefficient (Wildman–Crippen LogP) is 5.32. The number of halogens is 1. The van der Waals surface area contributed by atoms with Gasteiger partial charge >= 0.3 is 0 Å². The maximum Gasteiger partial charge on any atom is 0.267 e. The van der Waals surface area contributed by atoms with Crippen LogP contribution in [0.5, 0.6) is 11.6 Å². The highest BCUT2D eigenvalue weighted by molar-refractivity contribution is 6.05. The molecule has 7 heterocycles. The van der Waals surface area contributed by atoms with E-state index in [1.54, 1.807) is 35.1 Å². The first kappa shape index (κ1) is 39.1. The fourth-order valence-electron chi connectivity index (χ4n) is 10.0. The van der Waals surface area contributed by atoms with E-state index in [0.29, 0.717) is 53.3 Å². The van der Waals surface area contributed by atoms with Crippen molar-refractivity contribution >= 4 is 46.1 Å². The summed E-state index contributed by atoms with van der Waals surface area (Å²) in [5.41, 5.74) is 6.18. The van der Waals surface area contributed by atoms with E-state index in [0.717, 1.165) is 106 Å². The number of hydrogen-bond acceptors (Lipinski definition) is 11. The van der Waals surface area contributed by atoms with Crippen LogP contribution in [0.4, 0.5) is 21.7 Å². The van der Waals surface area contributed by atoms with Crippen molar-refractivity contribution in [3.8, 4) is 22.9 Å². The first-order chi connectivity index (χ1) is 29.6. The van der Waals surface area contributed by atoms with Crippen LogP contribution in [-0.2, 0) is 23.2 Å². The summed E-state index contributed by atoms with van der Waals surface area (Å²) in [6.45, 7) is 8.37. The minimum absolute atomic E-state index is 0.203. The number of fused-ring (bicyclic) bond motifs is 9. The van der Waals surface area contributed by atoms with Crippen molar-refractivity contribution in [2.75, 3.05) is 61.0 Å². The molecule has 15 nitrogen and oxygen atoms in total. The highest BCUT2D eigenvalue weighted by Crippen LogP contribution is 2.37. The lowest BCUT2D eigenvalue weighted by atomic mass is 10.0. The van der Waals surface area contributed by atoms with Gasteiger partial charge in [0.25, 0.3) is 11.8 Å². The van der Waals surface area contributed by atoms with Crippen LogP contribution in [0.15, 0.2) is 54.7 Å². The normalized spacial score (nSPS) is 22.8. The monoisotopic (exact) mass is 830 g/mol.